The van der Waals surface area contributed by atoms with Crippen molar-refractivity contribution in [2.75, 3.05) is 13.2 Å². The van der Waals surface area contributed by atoms with Crippen LogP contribution in [-0.4, -0.2) is 30.1 Å². The molecule has 1 amide bonds. The third-order valence-electron chi connectivity index (χ3n) is 3.02. The van der Waals surface area contributed by atoms with Crippen molar-refractivity contribution < 1.29 is 9.53 Å². The first-order chi connectivity index (χ1) is 8.16. The van der Waals surface area contributed by atoms with Crippen LogP contribution >= 0.6 is 11.6 Å². The van der Waals surface area contributed by atoms with Crippen LogP contribution in [0.2, 0.25) is 5.15 Å². The molecule has 1 saturated heterocycles. The van der Waals surface area contributed by atoms with Gasteiger partial charge in [-0.1, -0.05) is 11.6 Å². The predicted molar refractivity (Wildman–Crippen MR) is 65.1 cm³/mol. The van der Waals surface area contributed by atoms with Gasteiger partial charge in [0.15, 0.2) is 0 Å². The van der Waals surface area contributed by atoms with Crippen LogP contribution in [0.3, 0.4) is 0 Å². The van der Waals surface area contributed by atoms with Gasteiger partial charge in [0.25, 0.3) is 5.91 Å². The largest absolute Gasteiger partial charge is 0.381 e. The molecule has 1 N–H and O–H groups in total. The monoisotopic (exact) mass is 254 g/mol. The van der Waals surface area contributed by atoms with Gasteiger partial charge < -0.3 is 10.1 Å². The zero-order valence-electron chi connectivity index (χ0n) is 9.65. The van der Waals surface area contributed by atoms with Gasteiger partial charge in [-0.2, -0.15) is 0 Å². The summed E-state index contributed by atoms with van der Waals surface area (Å²) >= 11 is 5.74. The van der Waals surface area contributed by atoms with Gasteiger partial charge in [0, 0.05) is 30.3 Å². The van der Waals surface area contributed by atoms with Crippen molar-refractivity contribution in [1.82, 2.24) is 10.3 Å². The Labute approximate surface area is 105 Å². The number of carbonyl (C=O) groups is 1. The summed E-state index contributed by atoms with van der Waals surface area (Å²) in [5.41, 5.74) is 0.538. The fraction of sp³-hybridized carbons (Fsp3) is 0.500. The van der Waals surface area contributed by atoms with Crippen LogP contribution in [-0.2, 0) is 4.74 Å². The normalized spacial score (nSPS) is 21.2. The number of halogens is 1. The summed E-state index contributed by atoms with van der Waals surface area (Å²) in [6.07, 6.45) is 2.53. The summed E-state index contributed by atoms with van der Waals surface area (Å²) in [6, 6.07) is 3.32. The standard InChI is InChI=1S/C12H15ClN2O2/c1-8(10-3-5-17-7-10)15-12(16)9-2-4-14-11(13)6-9/h2,4,6,8,10H,3,5,7H2,1H3,(H,15,16). The van der Waals surface area contributed by atoms with Crippen molar-refractivity contribution >= 4 is 17.5 Å². The summed E-state index contributed by atoms with van der Waals surface area (Å²) in [6.45, 7) is 3.50. The number of hydrogen-bond acceptors (Lipinski definition) is 3. The number of nitrogens with zero attached hydrogens (tertiary/aromatic N) is 1. The Hall–Kier alpha value is -1.13. The third-order valence-corrected chi connectivity index (χ3v) is 3.23. The van der Waals surface area contributed by atoms with Crippen LogP contribution in [0.5, 0.6) is 0 Å². The van der Waals surface area contributed by atoms with E-state index in [1.54, 1.807) is 12.1 Å². The van der Waals surface area contributed by atoms with Gasteiger partial charge in [0.05, 0.1) is 6.61 Å². The Morgan fingerprint density at radius 1 is 1.71 bits per heavy atom. The lowest BCUT2D eigenvalue weighted by atomic mass is 10.0. The van der Waals surface area contributed by atoms with Gasteiger partial charge in [0.2, 0.25) is 0 Å². The highest BCUT2D eigenvalue weighted by molar-refractivity contribution is 6.29. The maximum Gasteiger partial charge on any atom is 0.251 e. The minimum absolute atomic E-state index is 0.108. The SMILES string of the molecule is CC(NC(=O)c1ccnc(Cl)c1)C1CCOC1. The zero-order valence-corrected chi connectivity index (χ0v) is 10.4. The molecule has 0 bridgehead atoms. The van der Waals surface area contributed by atoms with Crippen LogP contribution < -0.4 is 5.32 Å². The zero-order chi connectivity index (χ0) is 12.3. The molecule has 17 heavy (non-hydrogen) atoms. The van der Waals surface area contributed by atoms with Gasteiger partial charge in [-0.25, -0.2) is 4.98 Å². The van der Waals surface area contributed by atoms with E-state index >= 15 is 0 Å². The van der Waals surface area contributed by atoms with E-state index in [2.05, 4.69) is 10.3 Å². The maximum absolute atomic E-state index is 11.9. The Balaban J connectivity index is 1.96. The summed E-state index contributed by atoms with van der Waals surface area (Å²) in [5, 5.41) is 3.29. The maximum atomic E-state index is 11.9. The molecule has 2 rings (SSSR count). The van der Waals surface area contributed by atoms with E-state index in [4.69, 9.17) is 16.3 Å². The number of ether oxygens (including phenoxy) is 1. The molecular weight excluding hydrogens is 240 g/mol. The fourth-order valence-corrected chi connectivity index (χ4v) is 2.07. The number of hydrogen-bond donors (Lipinski definition) is 1. The van der Waals surface area contributed by atoms with E-state index in [0.29, 0.717) is 16.6 Å². The van der Waals surface area contributed by atoms with Crippen LogP contribution in [0.15, 0.2) is 18.3 Å². The van der Waals surface area contributed by atoms with Crippen molar-refractivity contribution in [2.24, 2.45) is 5.92 Å². The van der Waals surface area contributed by atoms with Gasteiger partial charge in [-0.15, -0.1) is 0 Å². The highest BCUT2D eigenvalue weighted by atomic mass is 35.5. The highest BCUT2D eigenvalue weighted by Crippen LogP contribution is 2.17. The predicted octanol–water partition coefficient (Wildman–Crippen LogP) is 1.89. The molecule has 2 heterocycles. The summed E-state index contributed by atoms with van der Waals surface area (Å²) < 4.78 is 5.30. The lowest BCUT2D eigenvalue weighted by Gasteiger charge is -2.19. The molecule has 0 radical (unpaired) electrons. The minimum atomic E-state index is -0.117. The third kappa shape index (κ3) is 3.17. The number of aromatic nitrogens is 1. The van der Waals surface area contributed by atoms with E-state index in [0.717, 1.165) is 19.6 Å². The Morgan fingerprint density at radius 3 is 3.18 bits per heavy atom. The number of amides is 1. The lowest BCUT2D eigenvalue weighted by molar-refractivity contribution is 0.0922. The van der Waals surface area contributed by atoms with Crippen molar-refractivity contribution in [3.05, 3.63) is 29.0 Å². The van der Waals surface area contributed by atoms with E-state index in [9.17, 15) is 4.79 Å². The van der Waals surface area contributed by atoms with Gasteiger partial charge in [-0.05, 0) is 25.5 Å². The van der Waals surface area contributed by atoms with Crippen molar-refractivity contribution in [3.8, 4) is 0 Å². The fourth-order valence-electron chi connectivity index (χ4n) is 1.90. The second-order valence-corrected chi connectivity index (χ2v) is 4.64. The molecule has 4 nitrogen and oxygen atoms in total. The van der Waals surface area contributed by atoms with E-state index in [1.165, 1.54) is 6.20 Å². The molecule has 2 atom stereocenters. The number of carbonyl (C=O) groups excluding carboxylic acids is 1. The molecule has 1 aliphatic heterocycles. The topological polar surface area (TPSA) is 51.2 Å². The first-order valence-electron chi connectivity index (χ1n) is 5.67. The Bertz CT molecular complexity index is 405. The first-order valence-corrected chi connectivity index (χ1v) is 6.05. The number of pyridine rings is 1. The molecule has 1 fully saturated rings. The van der Waals surface area contributed by atoms with Crippen molar-refractivity contribution in [1.29, 1.82) is 0 Å². The molecule has 0 aliphatic carbocycles. The van der Waals surface area contributed by atoms with E-state index < -0.39 is 0 Å². The van der Waals surface area contributed by atoms with Crippen molar-refractivity contribution in [3.63, 3.8) is 0 Å². The van der Waals surface area contributed by atoms with E-state index in [-0.39, 0.29) is 11.9 Å². The molecule has 0 spiro atoms. The number of rotatable bonds is 3. The molecule has 0 saturated carbocycles. The Kier molecular flexibility index (Phi) is 3.97. The second kappa shape index (κ2) is 5.47. The summed E-state index contributed by atoms with van der Waals surface area (Å²) in [5.74, 6) is 0.282. The lowest BCUT2D eigenvalue weighted by Crippen LogP contribution is -2.38. The van der Waals surface area contributed by atoms with Gasteiger partial charge in [-0.3, -0.25) is 4.79 Å². The second-order valence-electron chi connectivity index (χ2n) is 4.25. The first kappa shape index (κ1) is 12.3. The summed E-state index contributed by atoms with van der Waals surface area (Å²) in [4.78, 5) is 15.8. The quantitative estimate of drug-likeness (QED) is 0.838. The van der Waals surface area contributed by atoms with Crippen LogP contribution in [0.4, 0.5) is 0 Å². The smallest absolute Gasteiger partial charge is 0.251 e. The highest BCUT2D eigenvalue weighted by Gasteiger charge is 2.23. The molecule has 1 aromatic heterocycles. The van der Waals surface area contributed by atoms with Crippen molar-refractivity contribution in [2.45, 2.75) is 19.4 Å². The molecule has 1 aromatic rings. The molecule has 92 valence electrons. The molecule has 5 heteroatoms. The van der Waals surface area contributed by atoms with Gasteiger partial charge >= 0.3 is 0 Å². The summed E-state index contributed by atoms with van der Waals surface area (Å²) in [7, 11) is 0. The Morgan fingerprint density at radius 2 is 2.53 bits per heavy atom. The van der Waals surface area contributed by atoms with Gasteiger partial charge in [0.1, 0.15) is 5.15 Å². The average Bonchev–Trinajstić information content (AvgIpc) is 2.82. The molecule has 2 unspecified atom stereocenters. The molecule has 1 aliphatic rings. The average molecular weight is 255 g/mol. The molecular formula is C12H15ClN2O2. The van der Waals surface area contributed by atoms with Crippen LogP contribution in [0, 0.1) is 5.92 Å². The minimum Gasteiger partial charge on any atom is -0.381 e. The number of nitrogens with one attached hydrogen (secondary N) is 1. The van der Waals surface area contributed by atoms with E-state index in [1.807, 2.05) is 6.92 Å². The van der Waals surface area contributed by atoms with Crippen LogP contribution in [0.25, 0.3) is 0 Å². The molecule has 0 aromatic carbocycles. The van der Waals surface area contributed by atoms with Crippen LogP contribution in [0.1, 0.15) is 23.7 Å².